The number of hydrogen-bond donors (Lipinski definition) is 2. The van der Waals surface area contributed by atoms with Crippen molar-refractivity contribution in [3.05, 3.63) is 36.9 Å². The Balaban J connectivity index is 1.81. The van der Waals surface area contributed by atoms with E-state index < -0.39 is 0 Å². The Morgan fingerprint density at radius 3 is 2.88 bits per heavy atom. The van der Waals surface area contributed by atoms with Crippen LogP contribution in [0.3, 0.4) is 0 Å². The van der Waals surface area contributed by atoms with Crippen molar-refractivity contribution in [2.24, 2.45) is 0 Å². The van der Waals surface area contributed by atoms with Crippen molar-refractivity contribution in [1.82, 2.24) is 15.0 Å². The van der Waals surface area contributed by atoms with Crippen LogP contribution in [-0.2, 0) is 4.79 Å². The lowest BCUT2D eigenvalue weighted by Gasteiger charge is -2.02. The maximum Gasteiger partial charge on any atom is 0.234 e. The molecule has 0 radical (unpaired) electrons. The number of aromatic nitrogens is 3. The van der Waals surface area contributed by atoms with E-state index in [0.29, 0.717) is 5.75 Å². The number of imidazole rings is 1. The number of hydrogen-bond acceptors (Lipinski definition) is 4. The first kappa shape index (κ1) is 10.7. The molecule has 82 valence electrons. The van der Waals surface area contributed by atoms with E-state index in [1.807, 2.05) is 0 Å². The number of pyridine rings is 1. The fourth-order valence-electron chi connectivity index (χ4n) is 1.10. The third kappa shape index (κ3) is 3.09. The number of amides is 1. The zero-order chi connectivity index (χ0) is 11.2. The maximum absolute atomic E-state index is 11.5. The van der Waals surface area contributed by atoms with Crippen LogP contribution in [0.5, 0.6) is 0 Å². The normalized spacial score (nSPS) is 10.0. The van der Waals surface area contributed by atoms with Crippen molar-refractivity contribution < 1.29 is 4.79 Å². The summed E-state index contributed by atoms with van der Waals surface area (Å²) in [6, 6.07) is 3.49. The first-order valence-electron chi connectivity index (χ1n) is 4.66. The van der Waals surface area contributed by atoms with Crippen LogP contribution in [0.4, 0.5) is 5.69 Å². The van der Waals surface area contributed by atoms with E-state index in [4.69, 9.17) is 0 Å². The summed E-state index contributed by atoms with van der Waals surface area (Å²) >= 11 is 1.36. The van der Waals surface area contributed by atoms with E-state index in [1.165, 1.54) is 11.8 Å². The van der Waals surface area contributed by atoms with Crippen LogP contribution in [-0.4, -0.2) is 26.6 Å². The topological polar surface area (TPSA) is 70.7 Å². The predicted octanol–water partition coefficient (Wildman–Crippen LogP) is 1.54. The molecule has 0 unspecified atom stereocenters. The minimum atomic E-state index is -0.0624. The number of nitrogens with zero attached hydrogens (tertiary/aromatic N) is 2. The van der Waals surface area contributed by atoms with Crippen LogP contribution in [0, 0.1) is 0 Å². The number of H-pyrrole nitrogens is 1. The van der Waals surface area contributed by atoms with Gasteiger partial charge in [-0.2, -0.15) is 0 Å². The number of nitrogens with one attached hydrogen (secondary N) is 2. The van der Waals surface area contributed by atoms with Crippen LogP contribution in [0.2, 0.25) is 0 Å². The van der Waals surface area contributed by atoms with Gasteiger partial charge in [0.25, 0.3) is 0 Å². The van der Waals surface area contributed by atoms with Crippen molar-refractivity contribution >= 4 is 23.4 Å². The Hall–Kier alpha value is -1.82. The molecular weight excluding hydrogens is 224 g/mol. The molecule has 0 atom stereocenters. The quantitative estimate of drug-likeness (QED) is 0.787. The summed E-state index contributed by atoms with van der Waals surface area (Å²) in [6.07, 6.45) is 6.65. The molecule has 2 heterocycles. The first-order valence-corrected chi connectivity index (χ1v) is 5.65. The largest absolute Gasteiger partial charge is 0.340 e. The summed E-state index contributed by atoms with van der Waals surface area (Å²) in [5, 5.41) is 3.50. The zero-order valence-electron chi connectivity index (χ0n) is 8.38. The van der Waals surface area contributed by atoms with E-state index in [9.17, 15) is 4.79 Å². The Morgan fingerprint density at radius 1 is 1.38 bits per heavy atom. The minimum absolute atomic E-state index is 0.0624. The van der Waals surface area contributed by atoms with Gasteiger partial charge in [0.15, 0.2) is 5.16 Å². The number of thioether (sulfide) groups is 1. The van der Waals surface area contributed by atoms with E-state index in [2.05, 4.69) is 20.3 Å². The van der Waals surface area contributed by atoms with Crippen LogP contribution >= 0.6 is 11.8 Å². The molecule has 0 saturated carbocycles. The second kappa shape index (κ2) is 5.32. The molecule has 2 N–H and O–H groups in total. The number of carbonyl (C=O) groups is 1. The summed E-state index contributed by atoms with van der Waals surface area (Å²) in [4.78, 5) is 22.3. The zero-order valence-corrected chi connectivity index (χ0v) is 9.20. The summed E-state index contributed by atoms with van der Waals surface area (Å²) in [5.74, 6) is 0.267. The Labute approximate surface area is 96.7 Å². The Morgan fingerprint density at radius 2 is 2.19 bits per heavy atom. The molecule has 16 heavy (non-hydrogen) atoms. The molecule has 0 aliphatic rings. The molecule has 6 heteroatoms. The van der Waals surface area contributed by atoms with Crippen LogP contribution in [0.1, 0.15) is 0 Å². The van der Waals surface area contributed by atoms with Crippen LogP contribution in [0.15, 0.2) is 42.1 Å². The average Bonchev–Trinajstić information content (AvgIpc) is 2.81. The highest BCUT2D eigenvalue weighted by Gasteiger charge is 2.04. The van der Waals surface area contributed by atoms with E-state index in [0.717, 1.165) is 10.8 Å². The van der Waals surface area contributed by atoms with Gasteiger partial charge in [0.2, 0.25) is 5.91 Å². The van der Waals surface area contributed by atoms with Crippen molar-refractivity contribution in [1.29, 1.82) is 0 Å². The summed E-state index contributed by atoms with van der Waals surface area (Å²) in [6.45, 7) is 0. The van der Waals surface area contributed by atoms with Crippen LogP contribution in [0.25, 0.3) is 0 Å². The fraction of sp³-hybridized carbons (Fsp3) is 0.100. The van der Waals surface area contributed by atoms with Gasteiger partial charge in [-0.1, -0.05) is 11.8 Å². The Bertz CT molecular complexity index is 443. The summed E-state index contributed by atoms with van der Waals surface area (Å²) in [7, 11) is 0. The van der Waals surface area contributed by atoms with E-state index in [-0.39, 0.29) is 5.91 Å². The summed E-state index contributed by atoms with van der Waals surface area (Å²) < 4.78 is 0. The van der Waals surface area contributed by atoms with Gasteiger partial charge in [-0.25, -0.2) is 4.98 Å². The molecule has 0 bridgehead atoms. The minimum Gasteiger partial charge on any atom is -0.340 e. The van der Waals surface area contributed by atoms with Gasteiger partial charge in [-0.15, -0.1) is 0 Å². The highest BCUT2D eigenvalue weighted by Crippen LogP contribution is 2.12. The summed E-state index contributed by atoms with van der Waals surface area (Å²) in [5.41, 5.74) is 0.750. The lowest BCUT2D eigenvalue weighted by molar-refractivity contribution is -0.113. The molecule has 5 nitrogen and oxygen atoms in total. The molecule has 0 fully saturated rings. The highest BCUT2D eigenvalue weighted by atomic mass is 32.2. The molecule has 0 aromatic carbocycles. The number of anilines is 1. The van der Waals surface area contributed by atoms with E-state index >= 15 is 0 Å². The molecule has 0 aliphatic carbocycles. The second-order valence-electron chi connectivity index (χ2n) is 2.97. The number of carbonyl (C=O) groups excluding carboxylic acids is 1. The van der Waals surface area contributed by atoms with Crippen molar-refractivity contribution in [2.45, 2.75) is 5.16 Å². The van der Waals surface area contributed by atoms with Crippen molar-refractivity contribution in [3.63, 3.8) is 0 Å². The van der Waals surface area contributed by atoms with Gasteiger partial charge in [0.1, 0.15) is 0 Å². The maximum atomic E-state index is 11.5. The molecule has 0 aliphatic heterocycles. The third-order valence-electron chi connectivity index (χ3n) is 1.78. The molecule has 2 aromatic rings. The van der Waals surface area contributed by atoms with Gasteiger partial charge in [-0.3, -0.25) is 9.78 Å². The lowest BCUT2D eigenvalue weighted by Crippen LogP contribution is -2.13. The molecule has 0 spiro atoms. The fourth-order valence-corrected chi connectivity index (χ4v) is 1.72. The van der Waals surface area contributed by atoms with Gasteiger partial charge in [0, 0.05) is 30.5 Å². The standard InChI is InChI=1S/C10H10N4OS/c15-9(7-16-10-12-5-6-13-10)14-8-1-3-11-4-2-8/h1-6H,7H2,(H,12,13)(H,11,14,15). The second-order valence-corrected chi connectivity index (χ2v) is 3.93. The lowest BCUT2D eigenvalue weighted by atomic mass is 10.4. The van der Waals surface area contributed by atoms with Crippen molar-refractivity contribution in [3.8, 4) is 0 Å². The smallest absolute Gasteiger partial charge is 0.234 e. The number of aromatic amines is 1. The predicted molar refractivity (Wildman–Crippen MR) is 62.2 cm³/mol. The highest BCUT2D eigenvalue weighted by molar-refractivity contribution is 7.99. The van der Waals surface area contributed by atoms with Crippen molar-refractivity contribution in [2.75, 3.05) is 11.1 Å². The van der Waals surface area contributed by atoms with Crippen LogP contribution < -0.4 is 5.32 Å². The molecule has 2 rings (SSSR count). The van der Waals surface area contributed by atoms with Gasteiger partial charge in [-0.05, 0) is 12.1 Å². The number of rotatable bonds is 4. The third-order valence-corrected chi connectivity index (χ3v) is 2.68. The molecule has 0 saturated heterocycles. The Kier molecular flexibility index (Phi) is 3.55. The van der Waals surface area contributed by atoms with E-state index in [1.54, 1.807) is 36.9 Å². The average molecular weight is 234 g/mol. The van der Waals surface area contributed by atoms with Gasteiger partial charge < -0.3 is 10.3 Å². The molecule has 1 amide bonds. The SMILES string of the molecule is O=C(CSc1ncc[nH]1)Nc1ccncc1. The van der Waals surface area contributed by atoms with Gasteiger partial charge in [0.05, 0.1) is 5.75 Å². The first-order chi connectivity index (χ1) is 7.84. The van der Waals surface area contributed by atoms with Gasteiger partial charge >= 0.3 is 0 Å². The molecular formula is C10H10N4OS. The monoisotopic (exact) mass is 234 g/mol. The molecule has 2 aromatic heterocycles.